The molecule has 2 heteroatoms. The second-order valence-corrected chi connectivity index (χ2v) is 7.03. The van der Waals surface area contributed by atoms with Gasteiger partial charge in [-0.2, -0.15) is 11.8 Å². The highest BCUT2D eigenvalue weighted by atomic mass is 32.2. The van der Waals surface area contributed by atoms with Gasteiger partial charge in [-0.05, 0) is 36.3 Å². The molecular weight excluding hydrogens is 192 g/mol. The summed E-state index contributed by atoms with van der Waals surface area (Å²) >= 11 is 1.93. The Morgan fingerprint density at radius 2 is 2.00 bits per heavy atom. The van der Waals surface area contributed by atoms with Crippen molar-refractivity contribution in [2.75, 3.05) is 11.5 Å². The van der Waals surface area contributed by atoms with Gasteiger partial charge < -0.3 is 5.11 Å². The van der Waals surface area contributed by atoms with Gasteiger partial charge in [-0.1, -0.05) is 26.7 Å². The number of hydrogen-bond acceptors (Lipinski definition) is 2. The summed E-state index contributed by atoms with van der Waals surface area (Å²) in [5.41, 5.74) is -0.0176. The molecule has 0 bridgehead atoms. The summed E-state index contributed by atoms with van der Waals surface area (Å²) < 4.78 is 0. The lowest BCUT2D eigenvalue weighted by Gasteiger charge is -2.41. The van der Waals surface area contributed by atoms with Gasteiger partial charge in [0.15, 0.2) is 0 Å². The summed E-state index contributed by atoms with van der Waals surface area (Å²) in [6.45, 7) is 4.56. The molecule has 0 aromatic heterocycles. The van der Waals surface area contributed by atoms with Crippen LogP contribution in [-0.4, -0.2) is 22.2 Å². The van der Waals surface area contributed by atoms with E-state index in [1.807, 2.05) is 11.8 Å². The molecule has 0 aromatic carbocycles. The minimum Gasteiger partial charge on any atom is -0.389 e. The average Bonchev–Trinajstić information content (AvgIpc) is 2.81. The summed E-state index contributed by atoms with van der Waals surface area (Å²) in [6.07, 6.45) is 6.11. The Labute approximate surface area is 91.7 Å². The molecule has 1 unspecified atom stereocenters. The molecule has 0 spiro atoms. The Balaban J connectivity index is 1.85. The number of thioether (sulfide) groups is 1. The van der Waals surface area contributed by atoms with Crippen molar-refractivity contribution in [1.29, 1.82) is 0 Å². The zero-order valence-corrected chi connectivity index (χ0v) is 10.2. The van der Waals surface area contributed by atoms with E-state index in [1.165, 1.54) is 25.0 Å². The summed E-state index contributed by atoms with van der Waals surface area (Å²) in [7, 11) is 0. The molecule has 1 heterocycles. The molecule has 2 rings (SSSR count). The van der Waals surface area contributed by atoms with Crippen molar-refractivity contribution in [3.63, 3.8) is 0 Å². The highest BCUT2D eigenvalue weighted by molar-refractivity contribution is 7.99. The Hall–Kier alpha value is 0.310. The van der Waals surface area contributed by atoms with Crippen LogP contribution in [0.5, 0.6) is 0 Å². The van der Waals surface area contributed by atoms with Gasteiger partial charge in [0.1, 0.15) is 0 Å². The molecular formula is C12H22OS. The Kier molecular flexibility index (Phi) is 2.87. The molecule has 1 N–H and O–H groups in total. The fourth-order valence-electron chi connectivity index (χ4n) is 2.55. The van der Waals surface area contributed by atoms with Crippen LogP contribution in [0.25, 0.3) is 0 Å². The smallest absolute Gasteiger partial charge is 0.0743 e. The predicted octanol–water partition coefficient (Wildman–Crippen LogP) is 3.07. The number of rotatable bonds is 3. The average molecular weight is 214 g/mol. The van der Waals surface area contributed by atoms with Gasteiger partial charge in [0.25, 0.3) is 0 Å². The van der Waals surface area contributed by atoms with Crippen molar-refractivity contribution in [3.05, 3.63) is 0 Å². The molecule has 1 atom stereocenters. The van der Waals surface area contributed by atoms with E-state index in [-0.39, 0.29) is 5.60 Å². The van der Waals surface area contributed by atoms with E-state index in [1.54, 1.807) is 0 Å². The first kappa shape index (κ1) is 10.8. The van der Waals surface area contributed by atoms with Gasteiger partial charge in [-0.15, -0.1) is 0 Å². The van der Waals surface area contributed by atoms with E-state index in [2.05, 4.69) is 13.8 Å². The van der Waals surface area contributed by atoms with Crippen LogP contribution in [0.4, 0.5) is 0 Å². The first-order valence-electron chi connectivity index (χ1n) is 5.79. The van der Waals surface area contributed by atoms with Crippen LogP contribution in [0.15, 0.2) is 0 Å². The summed E-state index contributed by atoms with van der Waals surface area (Å²) in [5.74, 6) is 3.12. The molecule has 1 aliphatic heterocycles. The van der Waals surface area contributed by atoms with E-state index in [0.29, 0.717) is 5.41 Å². The summed E-state index contributed by atoms with van der Waals surface area (Å²) in [4.78, 5) is 0. The predicted molar refractivity (Wildman–Crippen MR) is 62.6 cm³/mol. The quantitative estimate of drug-likeness (QED) is 0.779. The van der Waals surface area contributed by atoms with Gasteiger partial charge in [0, 0.05) is 5.75 Å². The molecule has 1 saturated heterocycles. The Morgan fingerprint density at radius 1 is 1.29 bits per heavy atom. The monoisotopic (exact) mass is 214 g/mol. The Morgan fingerprint density at radius 3 is 2.57 bits per heavy atom. The van der Waals surface area contributed by atoms with Gasteiger partial charge in [-0.25, -0.2) is 0 Å². The van der Waals surface area contributed by atoms with Crippen LogP contribution in [-0.2, 0) is 0 Å². The minimum atomic E-state index is -0.352. The van der Waals surface area contributed by atoms with E-state index in [9.17, 15) is 5.11 Å². The molecule has 0 aromatic rings. The van der Waals surface area contributed by atoms with Crippen molar-refractivity contribution in [3.8, 4) is 0 Å². The van der Waals surface area contributed by atoms with Crippen molar-refractivity contribution >= 4 is 11.8 Å². The van der Waals surface area contributed by atoms with Crippen LogP contribution < -0.4 is 0 Å². The third-order valence-electron chi connectivity index (χ3n) is 3.39. The van der Waals surface area contributed by atoms with E-state index >= 15 is 0 Å². The van der Waals surface area contributed by atoms with Crippen LogP contribution >= 0.6 is 11.8 Å². The lowest BCUT2D eigenvalue weighted by atomic mass is 9.79. The van der Waals surface area contributed by atoms with E-state index < -0.39 is 0 Å². The first-order valence-corrected chi connectivity index (χ1v) is 6.95. The van der Waals surface area contributed by atoms with Crippen LogP contribution in [0, 0.1) is 11.3 Å². The fourth-order valence-corrected chi connectivity index (χ4v) is 3.93. The molecule has 1 aliphatic carbocycles. The first-order chi connectivity index (χ1) is 6.49. The third kappa shape index (κ3) is 2.90. The number of aliphatic hydroxyl groups is 1. The third-order valence-corrected chi connectivity index (χ3v) is 5.11. The SMILES string of the molecule is CC1(C)CSCC(O)(CCC2CC2)C1. The largest absolute Gasteiger partial charge is 0.389 e. The maximum Gasteiger partial charge on any atom is 0.0743 e. The zero-order valence-electron chi connectivity index (χ0n) is 9.38. The van der Waals surface area contributed by atoms with E-state index in [4.69, 9.17) is 0 Å². The second kappa shape index (κ2) is 3.71. The maximum atomic E-state index is 10.5. The topological polar surface area (TPSA) is 20.2 Å². The highest BCUT2D eigenvalue weighted by Crippen LogP contribution is 2.43. The Bertz CT molecular complexity index is 210. The lowest BCUT2D eigenvalue weighted by molar-refractivity contribution is 0.00906. The zero-order chi connectivity index (χ0) is 10.2. The molecule has 1 saturated carbocycles. The summed E-state index contributed by atoms with van der Waals surface area (Å²) in [6, 6.07) is 0. The maximum absolute atomic E-state index is 10.5. The fraction of sp³-hybridized carbons (Fsp3) is 1.00. The second-order valence-electron chi connectivity index (χ2n) is 6.04. The van der Waals surface area contributed by atoms with Crippen molar-refractivity contribution < 1.29 is 5.11 Å². The van der Waals surface area contributed by atoms with E-state index in [0.717, 1.165) is 24.5 Å². The van der Waals surface area contributed by atoms with Crippen LogP contribution in [0.2, 0.25) is 0 Å². The number of hydrogen-bond donors (Lipinski definition) is 1. The van der Waals surface area contributed by atoms with Crippen LogP contribution in [0.1, 0.15) is 46.0 Å². The normalized spacial score (nSPS) is 37.1. The molecule has 0 radical (unpaired) electrons. The van der Waals surface area contributed by atoms with Gasteiger partial charge in [-0.3, -0.25) is 0 Å². The molecule has 2 aliphatic rings. The highest BCUT2D eigenvalue weighted by Gasteiger charge is 2.39. The lowest BCUT2D eigenvalue weighted by Crippen LogP contribution is -2.42. The minimum absolute atomic E-state index is 0.335. The molecule has 14 heavy (non-hydrogen) atoms. The van der Waals surface area contributed by atoms with Gasteiger partial charge in [0.2, 0.25) is 0 Å². The standard InChI is InChI=1S/C12H22OS/c1-11(2)7-12(13,9-14-8-11)6-5-10-3-4-10/h10,13H,3-9H2,1-2H3. The summed E-state index contributed by atoms with van der Waals surface area (Å²) in [5, 5.41) is 10.5. The van der Waals surface area contributed by atoms with Crippen molar-refractivity contribution in [2.24, 2.45) is 11.3 Å². The molecule has 82 valence electrons. The van der Waals surface area contributed by atoms with Crippen molar-refractivity contribution in [2.45, 2.75) is 51.6 Å². The van der Waals surface area contributed by atoms with Gasteiger partial charge in [0.05, 0.1) is 5.60 Å². The molecule has 0 amide bonds. The molecule has 2 fully saturated rings. The van der Waals surface area contributed by atoms with Gasteiger partial charge >= 0.3 is 0 Å². The van der Waals surface area contributed by atoms with Crippen LogP contribution in [0.3, 0.4) is 0 Å². The molecule has 1 nitrogen and oxygen atoms in total. The van der Waals surface area contributed by atoms with Crippen molar-refractivity contribution in [1.82, 2.24) is 0 Å².